The van der Waals surface area contributed by atoms with Crippen LogP contribution in [0.5, 0.6) is 0 Å². The third-order valence-electron chi connectivity index (χ3n) is 5.07. The lowest BCUT2D eigenvalue weighted by molar-refractivity contribution is -0.123. The third kappa shape index (κ3) is 4.94. The van der Waals surface area contributed by atoms with Crippen LogP contribution in [0.2, 0.25) is 0 Å². The summed E-state index contributed by atoms with van der Waals surface area (Å²) in [6.07, 6.45) is 3.18. The van der Waals surface area contributed by atoms with Crippen LogP contribution in [0.25, 0.3) is 0 Å². The molecular weight excluding hydrogens is 324 g/mol. The van der Waals surface area contributed by atoms with Gasteiger partial charge in [-0.1, -0.05) is 60.7 Å². The van der Waals surface area contributed by atoms with Crippen molar-refractivity contribution in [2.45, 2.75) is 50.6 Å². The molecule has 0 radical (unpaired) electrons. The first-order valence-corrected chi connectivity index (χ1v) is 9.23. The van der Waals surface area contributed by atoms with E-state index in [1.54, 1.807) is 0 Å². The van der Waals surface area contributed by atoms with E-state index >= 15 is 0 Å². The van der Waals surface area contributed by atoms with Crippen molar-refractivity contribution < 1.29 is 9.59 Å². The number of hydrogen-bond donors (Lipinski definition) is 2. The lowest BCUT2D eigenvalue weighted by atomic mass is 9.93. The Bertz CT molecular complexity index is 745. The summed E-state index contributed by atoms with van der Waals surface area (Å²) < 4.78 is 0. The molecule has 0 aromatic heterocycles. The summed E-state index contributed by atoms with van der Waals surface area (Å²) in [7, 11) is 0. The molecule has 4 nitrogen and oxygen atoms in total. The van der Waals surface area contributed by atoms with Crippen molar-refractivity contribution in [2.24, 2.45) is 0 Å². The van der Waals surface area contributed by atoms with E-state index < -0.39 is 0 Å². The zero-order chi connectivity index (χ0) is 18.4. The van der Waals surface area contributed by atoms with E-state index in [0.29, 0.717) is 19.3 Å². The Labute approximate surface area is 155 Å². The minimum Gasteiger partial charge on any atom is -0.351 e. The van der Waals surface area contributed by atoms with Gasteiger partial charge in [-0.15, -0.1) is 0 Å². The number of carbonyl (C=O) groups is 2. The average Bonchev–Trinajstić information content (AvgIpc) is 3.00. The van der Waals surface area contributed by atoms with Crippen LogP contribution in [0.4, 0.5) is 0 Å². The molecule has 0 aliphatic carbocycles. The van der Waals surface area contributed by atoms with E-state index in [0.717, 1.165) is 18.4 Å². The molecule has 0 saturated carbocycles. The van der Waals surface area contributed by atoms with E-state index in [1.807, 2.05) is 55.5 Å². The summed E-state index contributed by atoms with van der Waals surface area (Å²) in [5.41, 5.74) is 2.04. The first-order chi connectivity index (χ1) is 12.5. The second kappa shape index (κ2) is 8.17. The van der Waals surface area contributed by atoms with Gasteiger partial charge < -0.3 is 10.6 Å². The predicted molar refractivity (Wildman–Crippen MR) is 102 cm³/mol. The van der Waals surface area contributed by atoms with Crippen molar-refractivity contribution in [1.29, 1.82) is 0 Å². The van der Waals surface area contributed by atoms with E-state index in [1.165, 1.54) is 5.56 Å². The smallest absolute Gasteiger partial charge is 0.220 e. The molecule has 0 spiro atoms. The third-order valence-corrected chi connectivity index (χ3v) is 5.07. The summed E-state index contributed by atoms with van der Waals surface area (Å²) in [5, 5.41) is 6.17. The molecular formula is C22H26N2O2. The van der Waals surface area contributed by atoms with Crippen LogP contribution in [-0.4, -0.2) is 17.4 Å². The molecule has 1 saturated heterocycles. The van der Waals surface area contributed by atoms with Crippen molar-refractivity contribution in [3.05, 3.63) is 71.8 Å². The van der Waals surface area contributed by atoms with Gasteiger partial charge in [-0.2, -0.15) is 0 Å². The number of benzene rings is 2. The minimum atomic E-state index is -0.254. The highest BCUT2D eigenvalue weighted by molar-refractivity contribution is 5.80. The first-order valence-electron chi connectivity index (χ1n) is 9.23. The fraction of sp³-hybridized carbons (Fsp3) is 0.364. The molecule has 26 heavy (non-hydrogen) atoms. The van der Waals surface area contributed by atoms with Gasteiger partial charge in [0.25, 0.3) is 0 Å². The van der Waals surface area contributed by atoms with Gasteiger partial charge in [0, 0.05) is 18.4 Å². The fourth-order valence-corrected chi connectivity index (χ4v) is 3.48. The maximum atomic E-state index is 12.6. The topological polar surface area (TPSA) is 58.2 Å². The Hall–Kier alpha value is -2.62. The molecule has 1 aliphatic heterocycles. The van der Waals surface area contributed by atoms with Crippen molar-refractivity contribution >= 4 is 11.8 Å². The van der Waals surface area contributed by atoms with Gasteiger partial charge in [-0.05, 0) is 37.3 Å². The van der Waals surface area contributed by atoms with Crippen LogP contribution >= 0.6 is 0 Å². The summed E-state index contributed by atoms with van der Waals surface area (Å²) in [5.74, 6) is 0.108. The quantitative estimate of drug-likeness (QED) is 0.802. The monoisotopic (exact) mass is 350 g/mol. The lowest BCUT2D eigenvalue weighted by Gasteiger charge is -2.25. The van der Waals surface area contributed by atoms with Crippen LogP contribution in [0.15, 0.2) is 60.7 Å². The standard InChI is InChI=1S/C22H26N2O2/c1-22(15-13-21(26)24-22)14-12-20(25)23-19(18-10-6-3-7-11-18)16-17-8-4-2-5-9-17/h2-11,19H,12-16H2,1H3,(H,23,25)(H,24,26)/t19-,22+/m1/s1. The van der Waals surface area contributed by atoms with Crippen LogP contribution in [-0.2, 0) is 16.0 Å². The fourth-order valence-electron chi connectivity index (χ4n) is 3.48. The van der Waals surface area contributed by atoms with E-state index in [2.05, 4.69) is 22.8 Å². The highest BCUT2D eigenvalue weighted by Crippen LogP contribution is 2.25. The van der Waals surface area contributed by atoms with E-state index in [4.69, 9.17) is 0 Å². The van der Waals surface area contributed by atoms with Crippen LogP contribution in [0.1, 0.15) is 49.8 Å². The summed E-state index contributed by atoms with van der Waals surface area (Å²) in [4.78, 5) is 24.0. The van der Waals surface area contributed by atoms with Crippen molar-refractivity contribution in [3.8, 4) is 0 Å². The second-order valence-corrected chi connectivity index (χ2v) is 7.33. The molecule has 2 N–H and O–H groups in total. The first kappa shape index (κ1) is 18.2. The maximum Gasteiger partial charge on any atom is 0.220 e. The van der Waals surface area contributed by atoms with Gasteiger partial charge in [0.1, 0.15) is 0 Å². The van der Waals surface area contributed by atoms with Gasteiger partial charge in [0.15, 0.2) is 0 Å². The molecule has 2 aromatic rings. The molecule has 2 atom stereocenters. The Kier molecular flexibility index (Phi) is 5.71. The molecule has 4 heteroatoms. The van der Waals surface area contributed by atoms with Gasteiger partial charge >= 0.3 is 0 Å². The molecule has 136 valence electrons. The molecule has 0 unspecified atom stereocenters. The number of nitrogens with one attached hydrogen (secondary N) is 2. The molecule has 2 amide bonds. The Morgan fingerprint density at radius 1 is 1.12 bits per heavy atom. The summed E-state index contributed by atoms with van der Waals surface area (Å²) in [6.45, 7) is 2.02. The lowest BCUT2D eigenvalue weighted by Crippen LogP contribution is -2.40. The Morgan fingerprint density at radius 3 is 2.38 bits per heavy atom. The van der Waals surface area contributed by atoms with E-state index in [-0.39, 0.29) is 23.4 Å². The maximum absolute atomic E-state index is 12.6. The largest absolute Gasteiger partial charge is 0.351 e. The highest BCUT2D eigenvalue weighted by atomic mass is 16.2. The molecule has 1 aliphatic rings. The van der Waals surface area contributed by atoms with E-state index in [9.17, 15) is 9.59 Å². The van der Waals surface area contributed by atoms with Crippen molar-refractivity contribution in [2.75, 3.05) is 0 Å². The van der Waals surface area contributed by atoms with Crippen LogP contribution < -0.4 is 10.6 Å². The van der Waals surface area contributed by atoms with Gasteiger partial charge in [-0.25, -0.2) is 0 Å². The molecule has 1 fully saturated rings. The molecule has 3 rings (SSSR count). The summed E-state index contributed by atoms with van der Waals surface area (Å²) in [6, 6.07) is 20.2. The minimum absolute atomic E-state index is 0.0251. The molecule has 0 bridgehead atoms. The zero-order valence-corrected chi connectivity index (χ0v) is 15.2. The average molecular weight is 350 g/mol. The van der Waals surface area contributed by atoms with Crippen LogP contribution in [0, 0.1) is 0 Å². The Morgan fingerprint density at radius 2 is 1.77 bits per heavy atom. The SMILES string of the molecule is C[C@]1(CCC(=O)N[C@H](Cc2ccccc2)c2ccccc2)CCC(=O)N1. The number of amides is 2. The highest BCUT2D eigenvalue weighted by Gasteiger charge is 2.33. The number of rotatable bonds is 7. The molecule has 2 aromatic carbocycles. The zero-order valence-electron chi connectivity index (χ0n) is 15.2. The van der Waals surface area contributed by atoms with Gasteiger partial charge in [-0.3, -0.25) is 9.59 Å². The van der Waals surface area contributed by atoms with Crippen molar-refractivity contribution in [1.82, 2.24) is 10.6 Å². The van der Waals surface area contributed by atoms with Crippen LogP contribution in [0.3, 0.4) is 0 Å². The molecule has 1 heterocycles. The normalized spacial score (nSPS) is 20.4. The summed E-state index contributed by atoms with van der Waals surface area (Å²) >= 11 is 0. The second-order valence-electron chi connectivity index (χ2n) is 7.33. The van der Waals surface area contributed by atoms with Crippen molar-refractivity contribution in [3.63, 3.8) is 0 Å². The predicted octanol–water partition coefficient (Wildman–Crippen LogP) is 3.54. The Balaban J connectivity index is 1.63. The number of hydrogen-bond acceptors (Lipinski definition) is 2. The van der Waals surface area contributed by atoms with Gasteiger partial charge in [0.05, 0.1) is 6.04 Å². The number of carbonyl (C=O) groups excluding carboxylic acids is 2. The van der Waals surface area contributed by atoms with Gasteiger partial charge in [0.2, 0.25) is 11.8 Å².